The summed E-state index contributed by atoms with van der Waals surface area (Å²) in [6.07, 6.45) is 4.34. The van der Waals surface area contributed by atoms with Crippen molar-refractivity contribution >= 4 is 22.5 Å². The SMILES string of the molecule is C[NH+]1CCCC1CCOc1nc(Cc2ccc(Cl)cc2)nc2ccccc12.[Cl-]. The Balaban J connectivity index is 0.00000225. The molecule has 1 fully saturated rings. The molecule has 0 spiro atoms. The Bertz CT molecular complexity index is 917. The molecule has 4 nitrogen and oxygen atoms in total. The van der Waals surface area contributed by atoms with Crippen molar-refractivity contribution in [2.45, 2.75) is 31.7 Å². The van der Waals surface area contributed by atoms with E-state index in [-0.39, 0.29) is 12.4 Å². The first kappa shape index (κ1) is 20.8. The molecule has 0 bridgehead atoms. The molecule has 2 unspecified atom stereocenters. The highest BCUT2D eigenvalue weighted by atomic mass is 35.5. The Kier molecular flexibility index (Phi) is 7.11. The van der Waals surface area contributed by atoms with Crippen LogP contribution < -0.4 is 22.0 Å². The predicted octanol–water partition coefficient (Wildman–Crippen LogP) is 0.324. The van der Waals surface area contributed by atoms with E-state index in [0.29, 0.717) is 24.9 Å². The summed E-state index contributed by atoms with van der Waals surface area (Å²) in [5.74, 6) is 1.47. The van der Waals surface area contributed by atoms with Gasteiger partial charge in [-0.15, -0.1) is 0 Å². The maximum atomic E-state index is 6.14. The van der Waals surface area contributed by atoms with Gasteiger partial charge in [0.1, 0.15) is 5.82 Å². The molecule has 0 saturated carbocycles. The standard InChI is InChI=1S/C22H24ClN3O.ClH/c1-26-13-4-5-18(26)12-14-27-22-19-6-2-3-7-20(19)24-21(25-22)15-16-8-10-17(23)11-9-16;/h2-3,6-11,18H,4-5,12-15H2,1H3;1H. The van der Waals surface area contributed by atoms with Gasteiger partial charge in [-0.2, -0.15) is 4.98 Å². The maximum absolute atomic E-state index is 6.14. The fourth-order valence-corrected chi connectivity index (χ4v) is 3.96. The van der Waals surface area contributed by atoms with E-state index in [1.807, 2.05) is 48.5 Å². The lowest BCUT2D eigenvalue weighted by molar-refractivity contribution is -0.892. The summed E-state index contributed by atoms with van der Waals surface area (Å²) in [4.78, 5) is 11.1. The molecule has 1 N–H and O–H groups in total. The Labute approximate surface area is 177 Å². The van der Waals surface area contributed by atoms with Crippen LogP contribution in [0.2, 0.25) is 5.02 Å². The third-order valence-corrected chi connectivity index (χ3v) is 5.67. The van der Waals surface area contributed by atoms with E-state index in [1.165, 1.54) is 19.4 Å². The highest BCUT2D eigenvalue weighted by Gasteiger charge is 2.24. The molecule has 28 heavy (non-hydrogen) atoms. The first-order valence-electron chi connectivity index (χ1n) is 9.64. The van der Waals surface area contributed by atoms with Crippen LogP contribution >= 0.6 is 11.6 Å². The third-order valence-electron chi connectivity index (χ3n) is 5.42. The Morgan fingerprint density at radius 2 is 1.89 bits per heavy atom. The van der Waals surface area contributed by atoms with Crippen LogP contribution in [-0.4, -0.2) is 36.2 Å². The van der Waals surface area contributed by atoms with Crippen LogP contribution in [-0.2, 0) is 6.42 Å². The second kappa shape index (κ2) is 9.55. The second-order valence-electron chi connectivity index (χ2n) is 7.34. The lowest BCUT2D eigenvalue weighted by Gasteiger charge is -2.17. The summed E-state index contributed by atoms with van der Waals surface area (Å²) in [6.45, 7) is 1.97. The van der Waals surface area contributed by atoms with Crippen LogP contribution in [0.5, 0.6) is 5.88 Å². The van der Waals surface area contributed by atoms with E-state index in [0.717, 1.165) is 33.7 Å². The second-order valence-corrected chi connectivity index (χ2v) is 7.77. The number of nitrogens with one attached hydrogen (secondary N) is 1. The van der Waals surface area contributed by atoms with Gasteiger partial charge in [0, 0.05) is 30.7 Å². The van der Waals surface area contributed by atoms with E-state index in [4.69, 9.17) is 26.3 Å². The molecule has 2 heterocycles. The number of fused-ring (bicyclic) bond motifs is 1. The molecule has 0 aliphatic carbocycles. The quantitative estimate of drug-likeness (QED) is 0.627. The molecule has 0 radical (unpaired) electrons. The van der Waals surface area contributed by atoms with Gasteiger partial charge in [-0.3, -0.25) is 0 Å². The van der Waals surface area contributed by atoms with Crippen molar-refractivity contribution in [3.05, 3.63) is 64.9 Å². The topological polar surface area (TPSA) is 39.5 Å². The van der Waals surface area contributed by atoms with Crippen LogP contribution in [0.25, 0.3) is 10.9 Å². The first-order valence-corrected chi connectivity index (χ1v) is 10.0. The molecule has 0 amide bonds. The molecular weight excluding hydrogens is 393 g/mol. The summed E-state index contributed by atoms with van der Waals surface area (Å²) < 4.78 is 6.14. The van der Waals surface area contributed by atoms with Crippen molar-refractivity contribution in [2.24, 2.45) is 0 Å². The number of quaternary nitrogens is 1. The minimum Gasteiger partial charge on any atom is -1.00 e. The van der Waals surface area contributed by atoms with Crippen LogP contribution in [0.15, 0.2) is 48.5 Å². The maximum Gasteiger partial charge on any atom is 0.224 e. The van der Waals surface area contributed by atoms with Crippen LogP contribution in [0.4, 0.5) is 0 Å². The van der Waals surface area contributed by atoms with Crippen molar-refractivity contribution in [1.29, 1.82) is 0 Å². The van der Waals surface area contributed by atoms with Crippen molar-refractivity contribution < 1.29 is 22.0 Å². The normalized spacial score (nSPS) is 18.8. The zero-order chi connectivity index (χ0) is 18.6. The number of hydrogen-bond donors (Lipinski definition) is 1. The monoisotopic (exact) mass is 417 g/mol. The highest BCUT2D eigenvalue weighted by Crippen LogP contribution is 2.24. The molecule has 1 aromatic heterocycles. The Morgan fingerprint density at radius 3 is 2.64 bits per heavy atom. The summed E-state index contributed by atoms with van der Waals surface area (Å²) >= 11 is 5.99. The van der Waals surface area contributed by atoms with Crippen molar-refractivity contribution in [3.63, 3.8) is 0 Å². The van der Waals surface area contributed by atoms with Gasteiger partial charge in [-0.1, -0.05) is 35.9 Å². The van der Waals surface area contributed by atoms with Crippen molar-refractivity contribution in [2.75, 3.05) is 20.2 Å². The van der Waals surface area contributed by atoms with Gasteiger partial charge >= 0.3 is 0 Å². The molecule has 1 aliphatic rings. The molecule has 1 saturated heterocycles. The molecule has 3 aromatic rings. The molecule has 148 valence electrons. The van der Waals surface area contributed by atoms with Crippen LogP contribution in [0.3, 0.4) is 0 Å². The number of nitrogens with zero attached hydrogens (tertiary/aromatic N) is 2. The van der Waals surface area contributed by atoms with E-state index in [9.17, 15) is 0 Å². The number of ether oxygens (including phenoxy) is 1. The van der Waals surface area contributed by atoms with Crippen molar-refractivity contribution in [1.82, 2.24) is 9.97 Å². The zero-order valence-electron chi connectivity index (χ0n) is 16.0. The molecule has 2 aromatic carbocycles. The minimum absolute atomic E-state index is 0. The summed E-state index contributed by atoms with van der Waals surface area (Å²) in [6, 6.07) is 16.6. The Morgan fingerprint density at radius 1 is 1.11 bits per heavy atom. The predicted molar refractivity (Wildman–Crippen MR) is 109 cm³/mol. The fourth-order valence-electron chi connectivity index (χ4n) is 3.83. The molecule has 2 atom stereocenters. The van der Waals surface area contributed by atoms with E-state index >= 15 is 0 Å². The molecule has 4 rings (SSSR count). The highest BCUT2D eigenvalue weighted by molar-refractivity contribution is 6.30. The number of likely N-dealkylation sites (tertiary alicyclic amines) is 1. The average molecular weight is 418 g/mol. The van der Waals surface area contributed by atoms with E-state index in [2.05, 4.69) is 7.05 Å². The first-order chi connectivity index (χ1) is 13.2. The van der Waals surface area contributed by atoms with Gasteiger partial charge in [-0.25, -0.2) is 4.98 Å². The molecule has 6 heteroatoms. The summed E-state index contributed by atoms with van der Waals surface area (Å²) in [5, 5.41) is 1.71. The third kappa shape index (κ3) is 4.93. The number of halogens is 2. The van der Waals surface area contributed by atoms with Gasteiger partial charge in [-0.05, 0) is 29.8 Å². The van der Waals surface area contributed by atoms with Gasteiger partial charge < -0.3 is 22.0 Å². The Hall–Kier alpha value is -1.88. The van der Waals surface area contributed by atoms with Gasteiger partial charge in [0.25, 0.3) is 0 Å². The van der Waals surface area contributed by atoms with Gasteiger partial charge in [0.2, 0.25) is 5.88 Å². The van der Waals surface area contributed by atoms with Crippen LogP contribution in [0, 0.1) is 0 Å². The fraction of sp³-hybridized carbons (Fsp3) is 0.364. The number of benzene rings is 2. The summed E-state index contributed by atoms with van der Waals surface area (Å²) in [7, 11) is 2.28. The number of para-hydroxylation sites is 1. The summed E-state index contributed by atoms with van der Waals surface area (Å²) in [5.41, 5.74) is 2.06. The molecule has 1 aliphatic heterocycles. The van der Waals surface area contributed by atoms with Gasteiger partial charge in [0.05, 0.1) is 37.1 Å². The minimum atomic E-state index is 0. The zero-order valence-corrected chi connectivity index (χ0v) is 17.5. The van der Waals surface area contributed by atoms with Gasteiger partial charge in [0.15, 0.2) is 0 Å². The van der Waals surface area contributed by atoms with Crippen molar-refractivity contribution in [3.8, 4) is 5.88 Å². The average Bonchev–Trinajstić information content (AvgIpc) is 3.08. The van der Waals surface area contributed by atoms with E-state index < -0.39 is 0 Å². The number of rotatable bonds is 6. The number of hydrogen-bond acceptors (Lipinski definition) is 3. The lowest BCUT2D eigenvalue weighted by atomic mass is 10.1. The largest absolute Gasteiger partial charge is 1.00 e. The number of aromatic nitrogens is 2. The smallest absolute Gasteiger partial charge is 0.224 e. The lowest BCUT2D eigenvalue weighted by Crippen LogP contribution is -3.10. The molecular formula is C22H25Cl2N3O. The van der Waals surface area contributed by atoms with E-state index in [1.54, 1.807) is 4.90 Å². The van der Waals surface area contributed by atoms with Crippen LogP contribution in [0.1, 0.15) is 30.7 Å².